The second kappa shape index (κ2) is 9.96. The number of aliphatic hydroxyl groups is 1. The maximum Gasteiger partial charge on any atom is 0.264 e. The number of nitrogens with zero attached hydrogens (tertiary/aromatic N) is 2. The Morgan fingerprint density at radius 3 is 2.50 bits per heavy atom. The van der Waals surface area contributed by atoms with Crippen molar-refractivity contribution in [1.82, 2.24) is 5.32 Å². The molecule has 8 heteroatoms. The highest BCUT2D eigenvalue weighted by molar-refractivity contribution is 7.92. The number of nitrogens with one attached hydrogen (secondary N) is 1. The summed E-state index contributed by atoms with van der Waals surface area (Å²) in [6, 6.07) is 12.8. The standard InChI is InChI=1S/C26H35N3O4S/c1-4-19-5-8-21(9-6-19)29(16-18(2)3)34(32,33)22-10-11-24-23(15-22)25(30)13-14-28(24)17-20-7-12-26(31)27-20/h5-6,8-11,15,18,20,25,30H,4,7,12-14,16-17H2,1-3H3,(H,27,31). The molecular weight excluding hydrogens is 450 g/mol. The maximum absolute atomic E-state index is 13.8. The predicted molar refractivity (Wildman–Crippen MR) is 135 cm³/mol. The van der Waals surface area contributed by atoms with Crippen molar-refractivity contribution in [2.75, 3.05) is 28.8 Å². The van der Waals surface area contributed by atoms with Gasteiger partial charge < -0.3 is 15.3 Å². The van der Waals surface area contributed by atoms with Gasteiger partial charge in [0.25, 0.3) is 10.0 Å². The van der Waals surface area contributed by atoms with E-state index in [-0.39, 0.29) is 22.8 Å². The Labute approximate surface area is 202 Å². The normalized spacial score (nSPS) is 20.4. The van der Waals surface area contributed by atoms with E-state index >= 15 is 0 Å². The van der Waals surface area contributed by atoms with E-state index in [2.05, 4.69) is 17.1 Å². The smallest absolute Gasteiger partial charge is 0.264 e. The van der Waals surface area contributed by atoms with Gasteiger partial charge in [0.2, 0.25) is 5.91 Å². The molecule has 2 N–H and O–H groups in total. The van der Waals surface area contributed by atoms with Crippen LogP contribution in [-0.4, -0.2) is 45.1 Å². The molecule has 1 amide bonds. The van der Waals surface area contributed by atoms with Crippen molar-refractivity contribution >= 4 is 27.3 Å². The third-order valence-corrected chi connectivity index (χ3v) is 8.44. The van der Waals surface area contributed by atoms with E-state index in [0.717, 1.165) is 24.1 Å². The summed E-state index contributed by atoms with van der Waals surface area (Å²) >= 11 is 0. The zero-order chi connectivity index (χ0) is 24.5. The average molecular weight is 486 g/mol. The minimum absolute atomic E-state index is 0.0703. The zero-order valence-electron chi connectivity index (χ0n) is 20.2. The Balaban J connectivity index is 1.66. The van der Waals surface area contributed by atoms with Crippen molar-refractivity contribution < 1.29 is 18.3 Å². The maximum atomic E-state index is 13.8. The van der Waals surface area contributed by atoms with Crippen LogP contribution in [0.2, 0.25) is 0 Å². The van der Waals surface area contributed by atoms with Crippen molar-refractivity contribution in [2.45, 2.75) is 63.5 Å². The molecule has 7 nitrogen and oxygen atoms in total. The number of benzene rings is 2. The summed E-state index contributed by atoms with van der Waals surface area (Å²) < 4.78 is 29.1. The van der Waals surface area contributed by atoms with Crippen LogP contribution in [0.5, 0.6) is 0 Å². The largest absolute Gasteiger partial charge is 0.388 e. The molecule has 184 valence electrons. The quantitative estimate of drug-likeness (QED) is 0.596. The van der Waals surface area contributed by atoms with Crippen LogP contribution >= 0.6 is 0 Å². The lowest BCUT2D eigenvalue weighted by atomic mass is 9.98. The molecular formula is C26H35N3O4S. The first kappa shape index (κ1) is 24.5. The van der Waals surface area contributed by atoms with Gasteiger partial charge in [-0.15, -0.1) is 0 Å². The number of hydrogen-bond acceptors (Lipinski definition) is 5. The summed E-state index contributed by atoms with van der Waals surface area (Å²) in [5.74, 6) is 0.210. The van der Waals surface area contributed by atoms with E-state index < -0.39 is 16.1 Å². The Morgan fingerprint density at radius 2 is 1.88 bits per heavy atom. The fraction of sp³-hybridized carbons (Fsp3) is 0.500. The fourth-order valence-corrected chi connectivity index (χ4v) is 6.44. The first-order valence-corrected chi connectivity index (χ1v) is 13.6. The van der Waals surface area contributed by atoms with Gasteiger partial charge in [-0.1, -0.05) is 32.9 Å². The highest BCUT2D eigenvalue weighted by Crippen LogP contribution is 2.37. The molecule has 1 saturated heterocycles. The predicted octanol–water partition coefficient (Wildman–Crippen LogP) is 3.62. The molecule has 0 aromatic heterocycles. The van der Waals surface area contributed by atoms with Gasteiger partial charge in [-0.2, -0.15) is 0 Å². The van der Waals surface area contributed by atoms with Gasteiger partial charge in [0.05, 0.1) is 16.7 Å². The number of hydrogen-bond donors (Lipinski definition) is 2. The highest BCUT2D eigenvalue weighted by Gasteiger charge is 2.31. The molecule has 0 radical (unpaired) electrons. The summed E-state index contributed by atoms with van der Waals surface area (Å²) in [5.41, 5.74) is 3.26. The lowest BCUT2D eigenvalue weighted by Gasteiger charge is -2.36. The van der Waals surface area contributed by atoms with Crippen LogP contribution in [0, 0.1) is 5.92 Å². The number of rotatable bonds is 8. The molecule has 2 atom stereocenters. The molecule has 2 aromatic rings. The van der Waals surface area contributed by atoms with Crippen LogP contribution in [-0.2, 0) is 21.2 Å². The summed E-state index contributed by atoms with van der Waals surface area (Å²) in [6.07, 6.45) is 2.02. The lowest BCUT2D eigenvalue weighted by molar-refractivity contribution is -0.119. The van der Waals surface area contributed by atoms with Crippen LogP contribution in [0.25, 0.3) is 0 Å². The number of fused-ring (bicyclic) bond motifs is 1. The van der Waals surface area contributed by atoms with Crippen LogP contribution in [0.4, 0.5) is 11.4 Å². The highest BCUT2D eigenvalue weighted by atomic mass is 32.2. The Hall–Kier alpha value is -2.58. The molecule has 2 aliphatic rings. The first-order valence-electron chi connectivity index (χ1n) is 12.2. The first-order chi connectivity index (χ1) is 16.2. The molecule has 2 heterocycles. The summed E-state index contributed by atoms with van der Waals surface area (Å²) in [5, 5.41) is 13.7. The Morgan fingerprint density at radius 1 is 1.15 bits per heavy atom. The molecule has 2 unspecified atom stereocenters. The van der Waals surface area contributed by atoms with Gasteiger partial charge in [0.1, 0.15) is 0 Å². The van der Waals surface area contributed by atoms with E-state index in [4.69, 9.17) is 0 Å². The number of anilines is 2. The van der Waals surface area contributed by atoms with Crippen molar-refractivity contribution in [3.63, 3.8) is 0 Å². The molecule has 0 saturated carbocycles. The number of aliphatic hydroxyl groups excluding tert-OH is 1. The van der Waals surface area contributed by atoms with E-state index in [1.165, 1.54) is 4.31 Å². The summed E-state index contributed by atoms with van der Waals surface area (Å²) in [7, 11) is -3.83. The van der Waals surface area contributed by atoms with Crippen molar-refractivity contribution in [2.24, 2.45) is 5.92 Å². The number of carbonyl (C=O) groups is 1. The summed E-state index contributed by atoms with van der Waals surface area (Å²) in [4.78, 5) is 13.9. The van der Waals surface area contributed by atoms with Gasteiger partial charge >= 0.3 is 0 Å². The number of aryl methyl sites for hydroxylation is 1. The third-order valence-electron chi connectivity index (χ3n) is 6.65. The Kier molecular flexibility index (Phi) is 7.19. The van der Waals surface area contributed by atoms with Crippen LogP contribution in [0.1, 0.15) is 57.3 Å². The molecule has 2 aliphatic heterocycles. The van der Waals surface area contributed by atoms with E-state index in [1.54, 1.807) is 18.2 Å². The molecule has 1 fully saturated rings. The van der Waals surface area contributed by atoms with Gasteiger partial charge in [-0.3, -0.25) is 9.10 Å². The molecule has 0 spiro atoms. The minimum Gasteiger partial charge on any atom is -0.388 e. The molecule has 4 rings (SSSR count). The minimum atomic E-state index is -3.83. The molecule has 34 heavy (non-hydrogen) atoms. The fourth-order valence-electron chi connectivity index (χ4n) is 4.77. The average Bonchev–Trinajstić information content (AvgIpc) is 3.23. The van der Waals surface area contributed by atoms with Crippen LogP contribution < -0.4 is 14.5 Å². The number of amides is 1. The van der Waals surface area contributed by atoms with Crippen LogP contribution in [0.3, 0.4) is 0 Å². The van der Waals surface area contributed by atoms with Crippen molar-refractivity contribution in [3.8, 4) is 0 Å². The molecule has 0 bridgehead atoms. The number of carbonyl (C=O) groups excluding carboxylic acids is 1. The van der Waals surface area contributed by atoms with E-state index in [1.807, 2.05) is 38.1 Å². The second-order valence-electron chi connectivity index (χ2n) is 9.72. The van der Waals surface area contributed by atoms with Gasteiger partial charge in [0.15, 0.2) is 0 Å². The van der Waals surface area contributed by atoms with Gasteiger partial charge in [-0.25, -0.2) is 8.42 Å². The van der Waals surface area contributed by atoms with Crippen molar-refractivity contribution in [3.05, 3.63) is 53.6 Å². The Bertz CT molecular complexity index is 1130. The second-order valence-corrected chi connectivity index (χ2v) is 11.6. The van der Waals surface area contributed by atoms with E-state index in [9.17, 15) is 18.3 Å². The number of sulfonamides is 1. The van der Waals surface area contributed by atoms with Crippen LogP contribution in [0.15, 0.2) is 47.4 Å². The lowest BCUT2D eigenvalue weighted by Crippen LogP contribution is -2.41. The van der Waals surface area contributed by atoms with Crippen molar-refractivity contribution in [1.29, 1.82) is 0 Å². The third kappa shape index (κ3) is 5.08. The topological polar surface area (TPSA) is 90.0 Å². The van der Waals surface area contributed by atoms with Gasteiger partial charge in [0, 0.05) is 43.3 Å². The SMILES string of the molecule is CCc1ccc(N(CC(C)C)S(=O)(=O)c2ccc3c(c2)C(O)CCN3CC2CCC(=O)N2)cc1. The van der Waals surface area contributed by atoms with E-state index in [0.29, 0.717) is 43.7 Å². The summed E-state index contributed by atoms with van der Waals surface area (Å²) in [6.45, 7) is 7.75. The zero-order valence-corrected chi connectivity index (χ0v) is 21.0. The van der Waals surface area contributed by atoms with Gasteiger partial charge in [-0.05, 0) is 61.1 Å². The monoisotopic (exact) mass is 485 g/mol. The molecule has 0 aliphatic carbocycles. The molecule has 2 aromatic carbocycles.